The summed E-state index contributed by atoms with van der Waals surface area (Å²) in [6.07, 6.45) is -3.82. The van der Waals surface area contributed by atoms with Crippen LogP contribution in [0.15, 0.2) is 36.5 Å². The quantitative estimate of drug-likeness (QED) is 0.792. The molecule has 0 saturated carbocycles. The van der Waals surface area contributed by atoms with Crippen molar-refractivity contribution < 1.29 is 22.7 Å². The molecule has 0 radical (unpaired) electrons. The average Bonchev–Trinajstić information content (AvgIpc) is 2.74. The number of para-hydroxylation sites is 1. The first-order chi connectivity index (χ1) is 8.54. The van der Waals surface area contributed by atoms with Crippen LogP contribution in [-0.4, -0.2) is 16.3 Å². The minimum absolute atomic E-state index is 0.0679. The van der Waals surface area contributed by atoms with Gasteiger partial charge in [-0.3, -0.25) is 4.79 Å². The summed E-state index contributed by atoms with van der Waals surface area (Å²) < 4.78 is 43.6. The van der Waals surface area contributed by atoms with E-state index in [4.69, 9.17) is 0 Å². The van der Waals surface area contributed by atoms with Crippen molar-refractivity contribution in [1.29, 1.82) is 0 Å². The minimum atomic E-state index is -4.68. The predicted octanol–water partition coefficient (Wildman–Crippen LogP) is 2.43. The maximum absolute atomic E-state index is 12.9. The Hall–Kier alpha value is -2.31. The van der Waals surface area contributed by atoms with E-state index in [1.54, 1.807) is 18.2 Å². The summed E-state index contributed by atoms with van der Waals surface area (Å²) in [6, 6.07) is 7.76. The fourth-order valence-electron chi connectivity index (χ4n) is 1.50. The van der Waals surface area contributed by atoms with Gasteiger partial charge in [-0.15, -0.1) is 0 Å². The van der Waals surface area contributed by atoms with E-state index in [9.17, 15) is 18.0 Å². The topological polar surface area (TPSA) is 44.1 Å². The number of hydrogen-bond acceptors (Lipinski definition) is 3. The number of aromatic nitrogens is 2. The highest BCUT2D eigenvalue weighted by molar-refractivity contribution is 5.48. The lowest BCUT2D eigenvalue weighted by molar-refractivity contribution is -0.144. The first-order valence-electron chi connectivity index (χ1n) is 4.85. The zero-order valence-electron chi connectivity index (χ0n) is 8.89. The summed E-state index contributed by atoms with van der Waals surface area (Å²) in [6.45, 7) is -0.0679. The van der Waals surface area contributed by atoms with Crippen LogP contribution in [0.3, 0.4) is 0 Å². The molecule has 2 rings (SSSR count). The molecule has 7 heteroatoms. The second kappa shape index (κ2) is 4.52. The fraction of sp³-hybridized carbons (Fsp3) is 0.0909. The number of carbonyl (C=O) groups is 1. The second-order valence-corrected chi connectivity index (χ2v) is 3.32. The molecule has 0 amide bonds. The third kappa shape index (κ3) is 2.20. The number of benzene rings is 1. The lowest BCUT2D eigenvalue weighted by atomic mass is 10.3. The van der Waals surface area contributed by atoms with Crippen molar-refractivity contribution in [2.45, 2.75) is 6.18 Å². The van der Waals surface area contributed by atoms with E-state index in [0.717, 1.165) is 6.20 Å². The lowest BCUT2D eigenvalue weighted by Crippen LogP contribution is -2.14. The van der Waals surface area contributed by atoms with Crippen molar-refractivity contribution in [3.8, 4) is 11.4 Å². The van der Waals surface area contributed by atoms with Gasteiger partial charge in [-0.05, 0) is 12.1 Å². The molecule has 0 unspecified atom stereocenters. The standard InChI is InChI=1S/C11H7F3N2O2/c12-11(13,14)10-9(18-7-17)6-15-16(10)8-4-2-1-3-5-8/h1-7H. The van der Waals surface area contributed by atoms with E-state index in [0.29, 0.717) is 4.68 Å². The summed E-state index contributed by atoms with van der Waals surface area (Å²) in [4.78, 5) is 10.2. The third-order valence-corrected chi connectivity index (χ3v) is 2.18. The molecule has 94 valence electrons. The maximum atomic E-state index is 12.9. The van der Waals surface area contributed by atoms with E-state index >= 15 is 0 Å². The predicted molar refractivity (Wildman–Crippen MR) is 55.3 cm³/mol. The number of hydrogen-bond donors (Lipinski definition) is 0. The first kappa shape index (κ1) is 12.2. The van der Waals surface area contributed by atoms with Crippen molar-refractivity contribution >= 4 is 6.47 Å². The van der Waals surface area contributed by atoms with Crippen molar-refractivity contribution in [2.75, 3.05) is 0 Å². The van der Waals surface area contributed by atoms with Gasteiger partial charge in [0.2, 0.25) is 0 Å². The van der Waals surface area contributed by atoms with Crippen LogP contribution >= 0.6 is 0 Å². The van der Waals surface area contributed by atoms with Gasteiger partial charge in [0.1, 0.15) is 0 Å². The number of nitrogens with zero attached hydrogens (tertiary/aromatic N) is 2. The van der Waals surface area contributed by atoms with Gasteiger partial charge >= 0.3 is 6.18 Å². The summed E-state index contributed by atoms with van der Waals surface area (Å²) in [5.74, 6) is -0.624. The van der Waals surface area contributed by atoms with Gasteiger partial charge in [-0.2, -0.15) is 18.3 Å². The van der Waals surface area contributed by atoms with Crippen LogP contribution in [0, 0.1) is 0 Å². The smallest absolute Gasteiger partial charge is 0.425 e. The van der Waals surface area contributed by atoms with Crippen molar-refractivity contribution in [3.05, 3.63) is 42.2 Å². The zero-order valence-corrected chi connectivity index (χ0v) is 8.89. The monoisotopic (exact) mass is 256 g/mol. The van der Waals surface area contributed by atoms with Gasteiger partial charge in [-0.25, -0.2) is 4.68 Å². The summed E-state index contributed by atoms with van der Waals surface area (Å²) in [5.41, 5.74) is -0.897. The van der Waals surface area contributed by atoms with Crippen molar-refractivity contribution in [2.24, 2.45) is 0 Å². The molecule has 0 spiro atoms. The Morgan fingerprint density at radius 3 is 2.44 bits per heavy atom. The van der Waals surface area contributed by atoms with E-state index in [2.05, 4.69) is 9.84 Å². The Bertz CT molecular complexity index is 549. The fourth-order valence-corrected chi connectivity index (χ4v) is 1.50. The molecule has 0 aliphatic rings. The molecule has 0 N–H and O–H groups in total. The van der Waals surface area contributed by atoms with Crippen LogP contribution in [0.25, 0.3) is 5.69 Å². The highest BCUT2D eigenvalue weighted by atomic mass is 19.4. The molecule has 1 heterocycles. The molecule has 1 aromatic carbocycles. The zero-order chi connectivity index (χ0) is 13.2. The number of ether oxygens (including phenoxy) is 1. The number of halogens is 3. The van der Waals surface area contributed by atoms with Crippen LogP contribution in [0.2, 0.25) is 0 Å². The molecular weight excluding hydrogens is 249 g/mol. The molecule has 0 aliphatic heterocycles. The lowest BCUT2D eigenvalue weighted by Gasteiger charge is -2.11. The number of rotatable bonds is 3. The van der Waals surface area contributed by atoms with Gasteiger partial charge in [-0.1, -0.05) is 18.2 Å². The van der Waals surface area contributed by atoms with Gasteiger partial charge in [0.05, 0.1) is 11.9 Å². The van der Waals surface area contributed by atoms with Crippen molar-refractivity contribution in [1.82, 2.24) is 9.78 Å². The Morgan fingerprint density at radius 1 is 1.22 bits per heavy atom. The van der Waals surface area contributed by atoms with E-state index < -0.39 is 17.6 Å². The van der Waals surface area contributed by atoms with Crippen molar-refractivity contribution in [3.63, 3.8) is 0 Å². The molecule has 0 fully saturated rings. The van der Waals surface area contributed by atoms with E-state index in [1.807, 2.05) is 0 Å². The minimum Gasteiger partial charge on any atom is -0.425 e. The Labute approximate surface area is 99.6 Å². The number of alkyl halides is 3. The summed E-state index contributed by atoms with van der Waals surface area (Å²) in [7, 11) is 0. The molecule has 0 saturated heterocycles. The highest BCUT2D eigenvalue weighted by Gasteiger charge is 2.39. The first-order valence-corrected chi connectivity index (χ1v) is 4.85. The van der Waals surface area contributed by atoms with Crippen LogP contribution < -0.4 is 4.74 Å². The Morgan fingerprint density at radius 2 is 1.89 bits per heavy atom. The average molecular weight is 256 g/mol. The summed E-state index contributed by atoms with van der Waals surface area (Å²) in [5, 5.41) is 3.58. The van der Waals surface area contributed by atoms with Crippen LogP contribution in [0.1, 0.15) is 5.69 Å². The largest absolute Gasteiger partial charge is 0.437 e. The number of carbonyl (C=O) groups excluding carboxylic acids is 1. The molecule has 18 heavy (non-hydrogen) atoms. The molecule has 2 aromatic rings. The Balaban J connectivity index is 2.59. The van der Waals surface area contributed by atoms with E-state index in [1.165, 1.54) is 12.1 Å². The molecule has 0 atom stereocenters. The molecule has 0 aliphatic carbocycles. The molecule has 0 bridgehead atoms. The van der Waals surface area contributed by atoms with Gasteiger partial charge in [0, 0.05) is 0 Å². The molecule has 1 aromatic heterocycles. The molecule has 4 nitrogen and oxygen atoms in total. The maximum Gasteiger partial charge on any atom is 0.437 e. The Kier molecular flexibility index (Phi) is 3.05. The highest BCUT2D eigenvalue weighted by Crippen LogP contribution is 2.37. The third-order valence-electron chi connectivity index (χ3n) is 2.18. The van der Waals surface area contributed by atoms with Gasteiger partial charge < -0.3 is 4.74 Å². The summed E-state index contributed by atoms with van der Waals surface area (Å²) >= 11 is 0. The normalized spacial score (nSPS) is 11.3. The van der Waals surface area contributed by atoms with Crippen LogP contribution in [0.4, 0.5) is 13.2 Å². The second-order valence-electron chi connectivity index (χ2n) is 3.32. The molecular formula is C11H7F3N2O2. The van der Waals surface area contributed by atoms with Crippen LogP contribution in [-0.2, 0) is 11.0 Å². The van der Waals surface area contributed by atoms with Gasteiger partial charge in [0.25, 0.3) is 6.47 Å². The van der Waals surface area contributed by atoms with Crippen LogP contribution in [0.5, 0.6) is 5.75 Å². The van der Waals surface area contributed by atoms with E-state index in [-0.39, 0.29) is 12.2 Å². The van der Waals surface area contributed by atoms with Gasteiger partial charge in [0.15, 0.2) is 11.4 Å². The SMILES string of the molecule is O=COc1cnn(-c2ccccc2)c1C(F)(F)F.